The quantitative estimate of drug-likeness (QED) is 0.337. The molecule has 3 N–H and O–H groups in total. The third kappa shape index (κ3) is 15.2. The summed E-state index contributed by atoms with van der Waals surface area (Å²) in [6.07, 6.45) is 0.204. The maximum absolute atomic E-state index is 12.0. The Kier molecular flexibility index (Phi) is 15.0. The fraction of sp³-hybridized carbons (Fsp3) is 0.548. The largest absolute Gasteiger partial charge is 0.445 e. The highest BCUT2D eigenvalue weighted by Gasteiger charge is 2.30. The molecule has 0 unspecified atom stereocenters. The Bertz CT molecular complexity index is 1180. The standard InChI is InChI=1S/C16H26N2O4S.C15H24N2O2/c1-16(2,3)14(11-18(4)23(5,20)21)17-15(19)22-12-13-9-7-6-8-10-13;1-15(2,3)13(10-16-4)17-14(18)19-11-12-8-6-5-7-9-12/h6-10,14H,11-12H2,1-5H3,(H,17,19);5-9,13,16H,10-11H2,1-4H3,(H,17,18)/t14-;13-/m11/s1. The summed E-state index contributed by atoms with van der Waals surface area (Å²) in [4.78, 5) is 23.8. The summed E-state index contributed by atoms with van der Waals surface area (Å²) in [7, 11) is 0.0539. The molecule has 0 saturated heterocycles. The molecule has 2 aromatic carbocycles. The minimum atomic E-state index is -3.31. The summed E-state index contributed by atoms with van der Waals surface area (Å²) in [5, 5.41) is 8.75. The van der Waals surface area contributed by atoms with Crippen molar-refractivity contribution < 1.29 is 27.5 Å². The molecular formula is C31H50N4O6S. The van der Waals surface area contributed by atoms with Gasteiger partial charge in [-0.25, -0.2) is 22.3 Å². The van der Waals surface area contributed by atoms with Gasteiger partial charge in [-0.3, -0.25) is 0 Å². The molecule has 0 radical (unpaired) electrons. The number of amides is 2. The minimum absolute atomic E-state index is 0.0191. The van der Waals surface area contributed by atoms with Gasteiger partial charge in [0.05, 0.1) is 12.3 Å². The lowest BCUT2D eigenvalue weighted by Crippen LogP contribution is -2.51. The van der Waals surface area contributed by atoms with Gasteiger partial charge in [-0.2, -0.15) is 0 Å². The van der Waals surface area contributed by atoms with Crippen LogP contribution in [0.15, 0.2) is 60.7 Å². The normalized spacial score (nSPS) is 13.3. The first-order valence-electron chi connectivity index (χ1n) is 13.9. The van der Waals surface area contributed by atoms with E-state index in [2.05, 4.69) is 36.7 Å². The summed E-state index contributed by atoms with van der Waals surface area (Å²) < 4.78 is 34.8. The number of sulfonamides is 1. The second-order valence-electron chi connectivity index (χ2n) is 12.4. The highest BCUT2D eigenvalue weighted by Crippen LogP contribution is 2.21. The fourth-order valence-corrected chi connectivity index (χ4v) is 3.94. The molecule has 42 heavy (non-hydrogen) atoms. The van der Waals surface area contributed by atoms with Crippen molar-refractivity contribution in [1.82, 2.24) is 20.3 Å². The van der Waals surface area contributed by atoms with E-state index in [4.69, 9.17) is 9.47 Å². The second kappa shape index (κ2) is 17.1. The molecular weight excluding hydrogens is 556 g/mol. The fourth-order valence-electron chi connectivity index (χ4n) is 3.52. The minimum Gasteiger partial charge on any atom is -0.445 e. The molecule has 2 aromatic rings. The van der Waals surface area contributed by atoms with Gasteiger partial charge in [-0.1, -0.05) is 102 Å². The van der Waals surface area contributed by atoms with Crippen LogP contribution < -0.4 is 16.0 Å². The summed E-state index contributed by atoms with van der Waals surface area (Å²) >= 11 is 0. The number of rotatable bonds is 11. The van der Waals surface area contributed by atoms with Crippen molar-refractivity contribution in [3.8, 4) is 0 Å². The van der Waals surface area contributed by atoms with Crippen LogP contribution in [0.4, 0.5) is 9.59 Å². The van der Waals surface area contributed by atoms with Crippen molar-refractivity contribution in [2.75, 3.05) is 33.4 Å². The molecule has 0 saturated carbocycles. The van der Waals surface area contributed by atoms with E-state index in [1.165, 1.54) is 11.4 Å². The molecule has 10 nitrogen and oxygen atoms in total. The van der Waals surface area contributed by atoms with Gasteiger partial charge in [0.1, 0.15) is 13.2 Å². The van der Waals surface area contributed by atoms with Crippen LogP contribution in [-0.4, -0.2) is 70.4 Å². The van der Waals surface area contributed by atoms with E-state index in [9.17, 15) is 18.0 Å². The van der Waals surface area contributed by atoms with Crippen LogP contribution in [0.3, 0.4) is 0 Å². The average molecular weight is 607 g/mol. The van der Waals surface area contributed by atoms with E-state index in [-0.39, 0.29) is 42.2 Å². The van der Waals surface area contributed by atoms with Gasteiger partial charge in [-0.05, 0) is 29.0 Å². The molecule has 2 amide bonds. The number of hydrogen-bond donors (Lipinski definition) is 3. The molecule has 0 heterocycles. The van der Waals surface area contributed by atoms with Crippen LogP contribution in [0.5, 0.6) is 0 Å². The SMILES string of the molecule is CN(C[C@@H](NC(=O)OCc1ccccc1)C(C)(C)C)S(C)(=O)=O.CNC[C@@H](NC(=O)OCc1ccccc1)C(C)(C)C. The maximum atomic E-state index is 12.0. The van der Waals surface area contributed by atoms with Crippen molar-refractivity contribution in [2.45, 2.75) is 66.8 Å². The number of benzene rings is 2. The van der Waals surface area contributed by atoms with Crippen molar-refractivity contribution in [1.29, 1.82) is 0 Å². The number of nitrogens with zero attached hydrogens (tertiary/aromatic N) is 1. The molecule has 0 aliphatic rings. The lowest BCUT2D eigenvalue weighted by atomic mass is 9.87. The summed E-state index contributed by atoms with van der Waals surface area (Å²) in [6.45, 7) is 13.4. The van der Waals surface area contributed by atoms with Crippen molar-refractivity contribution >= 4 is 22.2 Å². The molecule has 0 bridgehead atoms. The van der Waals surface area contributed by atoms with Crippen molar-refractivity contribution in [3.05, 3.63) is 71.8 Å². The van der Waals surface area contributed by atoms with Crippen LogP contribution in [0.25, 0.3) is 0 Å². The third-order valence-electron chi connectivity index (χ3n) is 6.51. The van der Waals surface area contributed by atoms with Gasteiger partial charge in [0.15, 0.2) is 0 Å². The third-order valence-corrected chi connectivity index (χ3v) is 7.80. The first-order valence-corrected chi connectivity index (χ1v) is 15.8. The summed E-state index contributed by atoms with van der Waals surface area (Å²) in [5.41, 5.74) is 1.54. The van der Waals surface area contributed by atoms with E-state index < -0.39 is 16.1 Å². The van der Waals surface area contributed by atoms with Gasteiger partial charge >= 0.3 is 12.2 Å². The Labute approximate surface area is 252 Å². The smallest absolute Gasteiger partial charge is 0.407 e. The Morgan fingerprint density at radius 2 is 1.14 bits per heavy atom. The lowest BCUT2D eigenvalue weighted by molar-refractivity contribution is 0.123. The molecule has 0 aliphatic heterocycles. The molecule has 0 fully saturated rings. The maximum Gasteiger partial charge on any atom is 0.407 e. The zero-order chi connectivity index (χ0) is 32.0. The zero-order valence-electron chi connectivity index (χ0n) is 26.6. The van der Waals surface area contributed by atoms with Crippen LogP contribution in [0, 0.1) is 10.8 Å². The molecule has 0 aromatic heterocycles. The number of nitrogens with one attached hydrogen (secondary N) is 3. The second-order valence-corrected chi connectivity index (χ2v) is 14.4. The Morgan fingerprint density at radius 1 is 0.762 bits per heavy atom. The van der Waals surface area contributed by atoms with Gasteiger partial charge in [-0.15, -0.1) is 0 Å². The van der Waals surface area contributed by atoms with E-state index in [0.717, 1.165) is 17.4 Å². The molecule has 2 rings (SSSR count). The molecule has 2 atom stereocenters. The van der Waals surface area contributed by atoms with Gasteiger partial charge < -0.3 is 25.4 Å². The average Bonchev–Trinajstić information content (AvgIpc) is 2.90. The number of likely N-dealkylation sites (N-methyl/N-ethyl adjacent to an activating group) is 2. The predicted octanol–water partition coefficient (Wildman–Crippen LogP) is 4.77. The van der Waals surface area contributed by atoms with Gasteiger partial charge in [0, 0.05) is 26.2 Å². The predicted molar refractivity (Wildman–Crippen MR) is 167 cm³/mol. The number of carbonyl (C=O) groups is 2. The Morgan fingerprint density at radius 3 is 1.48 bits per heavy atom. The Hall–Kier alpha value is -3.15. The van der Waals surface area contributed by atoms with Crippen LogP contribution in [0.2, 0.25) is 0 Å². The van der Waals surface area contributed by atoms with Gasteiger partial charge in [0.25, 0.3) is 0 Å². The molecule has 11 heteroatoms. The van der Waals surface area contributed by atoms with E-state index in [0.29, 0.717) is 13.2 Å². The Balaban J connectivity index is 0.000000428. The van der Waals surface area contributed by atoms with Crippen molar-refractivity contribution in [3.63, 3.8) is 0 Å². The highest BCUT2D eigenvalue weighted by molar-refractivity contribution is 7.88. The van der Waals surface area contributed by atoms with E-state index in [1.807, 2.05) is 88.5 Å². The molecule has 0 spiro atoms. The van der Waals surface area contributed by atoms with Crippen molar-refractivity contribution in [2.24, 2.45) is 10.8 Å². The number of ether oxygens (including phenoxy) is 2. The number of alkyl carbamates (subject to hydrolysis) is 2. The molecule has 0 aliphatic carbocycles. The van der Waals surface area contributed by atoms with Crippen LogP contribution in [0.1, 0.15) is 52.7 Å². The number of hydrogen-bond acceptors (Lipinski definition) is 7. The first kappa shape index (κ1) is 36.9. The highest BCUT2D eigenvalue weighted by atomic mass is 32.2. The zero-order valence-corrected chi connectivity index (χ0v) is 27.4. The lowest BCUT2D eigenvalue weighted by Gasteiger charge is -2.33. The summed E-state index contributed by atoms with van der Waals surface area (Å²) in [5.74, 6) is 0. The first-order chi connectivity index (χ1) is 19.4. The monoisotopic (exact) mass is 606 g/mol. The van der Waals surface area contributed by atoms with Crippen LogP contribution >= 0.6 is 0 Å². The van der Waals surface area contributed by atoms with E-state index in [1.54, 1.807) is 0 Å². The molecule has 236 valence electrons. The van der Waals surface area contributed by atoms with Crippen LogP contribution in [-0.2, 0) is 32.7 Å². The number of carbonyl (C=O) groups excluding carboxylic acids is 2. The summed E-state index contributed by atoms with van der Waals surface area (Å²) in [6, 6.07) is 18.7. The van der Waals surface area contributed by atoms with Gasteiger partial charge in [0.2, 0.25) is 10.0 Å². The van der Waals surface area contributed by atoms with E-state index >= 15 is 0 Å². The topological polar surface area (TPSA) is 126 Å².